The number of alkyl halides is 3. The summed E-state index contributed by atoms with van der Waals surface area (Å²) in [4.78, 5) is 26.6. The molecular weight excluding hydrogens is 400 g/mol. The molecule has 0 aliphatic rings. The van der Waals surface area contributed by atoms with Crippen molar-refractivity contribution < 1.29 is 84.0 Å². The summed E-state index contributed by atoms with van der Waals surface area (Å²) in [6.45, 7) is -0.187. The molecule has 0 bridgehead atoms. The molecule has 0 fully saturated rings. The number of aromatic carboxylic acids is 1. The van der Waals surface area contributed by atoms with Crippen molar-refractivity contribution in [3.8, 4) is 5.75 Å². The smallest absolute Gasteiger partial charge is 0.545 e. The maximum Gasteiger partial charge on any atom is 1.00 e. The molecule has 26 heavy (non-hydrogen) atoms. The van der Waals surface area contributed by atoms with Crippen LogP contribution < -0.4 is 66.5 Å². The van der Waals surface area contributed by atoms with Crippen LogP contribution in [0.2, 0.25) is 0 Å². The molecule has 1 heterocycles. The number of aromatic nitrogens is 1. The number of nitrogens with zero attached hydrogens (tertiary/aromatic N) is 1. The van der Waals surface area contributed by atoms with Crippen molar-refractivity contribution in [3.63, 3.8) is 0 Å². The summed E-state index contributed by atoms with van der Waals surface area (Å²) >= 11 is 0.622. The zero-order valence-corrected chi connectivity index (χ0v) is 17.3. The van der Waals surface area contributed by atoms with Crippen molar-refractivity contribution in [2.45, 2.75) is 11.4 Å². The van der Waals surface area contributed by atoms with Gasteiger partial charge in [0.05, 0.1) is 12.5 Å². The van der Waals surface area contributed by atoms with Gasteiger partial charge in [0.15, 0.2) is 0 Å². The first-order valence-electron chi connectivity index (χ1n) is 6.71. The van der Waals surface area contributed by atoms with E-state index in [2.05, 4.69) is 15.0 Å². The Kier molecular flexibility index (Phi) is 9.06. The van der Waals surface area contributed by atoms with Crippen molar-refractivity contribution in [1.82, 2.24) is 4.98 Å². The van der Waals surface area contributed by atoms with E-state index in [4.69, 9.17) is 0 Å². The summed E-state index contributed by atoms with van der Waals surface area (Å²) in [7, 11) is 0. The minimum atomic E-state index is -4.78. The molecule has 0 unspecified atom stereocenters. The van der Waals surface area contributed by atoms with E-state index in [-0.39, 0.29) is 74.3 Å². The van der Waals surface area contributed by atoms with Crippen LogP contribution in [0.15, 0.2) is 47.6 Å². The van der Waals surface area contributed by atoms with E-state index in [0.717, 1.165) is 12.1 Å². The molecule has 6 nitrogen and oxygen atoms in total. The van der Waals surface area contributed by atoms with Crippen LogP contribution in [0.1, 0.15) is 10.4 Å². The summed E-state index contributed by atoms with van der Waals surface area (Å²) in [6.07, 6.45) is -3.43. The van der Waals surface area contributed by atoms with Gasteiger partial charge in [0, 0.05) is 17.4 Å². The number of carbonyl (C=O) groups excluding carboxylic acids is 2. The Morgan fingerprint density at radius 3 is 2.42 bits per heavy atom. The number of benzene rings is 1. The SMILES string of the molecule is O=C(CNc1ccc(OC(F)(F)F)cc1)Sc1ncccc1C(=O)[O-].[K+]. The fourth-order valence-electron chi connectivity index (χ4n) is 1.72. The predicted octanol–water partition coefficient (Wildman–Crippen LogP) is -0.921. The van der Waals surface area contributed by atoms with Gasteiger partial charge in [-0.1, -0.05) is 0 Å². The molecule has 0 saturated carbocycles. The summed E-state index contributed by atoms with van der Waals surface area (Å²) in [5.74, 6) is -1.83. The van der Waals surface area contributed by atoms with Crippen molar-refractivity contribution in [2.24, 2.45) is 0 Å². The van der Waals surface area contributed by atoms with Gasteiger partial charge in [-0.05, 0) is 48.2 Å². The van der Waals surface area contributed by atoms with Crippen LogP contribution in [-0.4, -0.2) is 29.0 Å². The van der Waals surface area contributed by atoms with Gasteiger partial charge in [0.1, 0.15) is 10.8 Å². The molecule has 0 saturated heterocycles. The van der Waals surface area contributed by atoms with Crippen LogP contribution in [0.3, 0.4) is 0 Å². The topological polar surface area (TPSA) is 91.3 Å². The van der Waals surface area contributed by atoms with E-state index in [1.807, 2.05) is 0 Å². The largest absolute Gasteiger partial charge is 1.00 e. The molecule has 132 valence electrons. The summed E-state index contributed by atoms with van der Waals surface area (Å²) in [5, 5.41) is 13.2. The Labute approximate surface area is 192 Å². The Bertz CT molecular complexity index is 772. The number of ether oxygens (including phenoxy) is 1. The Balaban J connectivity index is 0.00000338. The minimum absolute atomic E-state index is 0. The fraction of sp³-hybridized carbons (Fsp3) is 0.133. The molecule has 0 aliphatic carbocycles. The van der Waals surface area contributed by atoms with Crippen LogP contribution >= 0.6 is 11.8 Å². The Morgan fingerprint density at radius 2 is 1.85 bits per heavy atom. The summed E-state index contributed by atoms with van der Waals surface area (Å²) in [5.41, 5.74) is 0.194. The van der Waals surface area contributed by atoms with Gasteiger partial charge in [-0.25, -0.2) is 4.98 Å². The number of carbonyl (C=O) groups is 2. The Hall–Kier alpha value is -1.11. The van der Waals surface area contributed by atoms with Crippen LogP contribution in [-0.2, 0) is 4.79 Å². The van der Waals surface area contributed by atoms with Crippen LogP contribution in [0.4, 0.5) is 18.9 Å². The van der Waals surface area contributed by atoms with Gasteiger partial charge in [-0.2, -0.15) is 0 Å². The second kappa shape index (κ2) is 10.3. The second-order valence-corrected chi connectivity index (χ2v) is 5.59. The maximum atomic E-state index is 12.1. The average Bonchev–Trinajstić information content (AvgIpc) is 2.53. The van der Waals surface area contributed by atoms with Gasteiger partial charge in [-0.15, -0.1) is 13.2 Å². The van der Waals surface area contributed by atoms with Crippen molar-refractivity contribution in [3.05, 3.63) is 48.2 Å². The molecule has 0 atom stereocenters. The van der Waals surface area contributed by atoms with Gasteiger partial charge < -0.3 is 20.0 Å². The number of hydrogen-bond donors (Lipinski definition) is 1. The summed E-state index contributed by atoms with van der Waals surface area (Å²) < 4.78 is 39.9. The molecule has 0 spiro atoms. The third kappa shape index (κ3) is 7.64. The number of nitrogens with one attached hydrogen (secondary N) is 1. The molecule has 2 aromatic rings. The van der Waals surface area contributed by atoms with Gasteiger partial charge in [0.25, 0.3) is 0 Å². The first-order valence-corrected chi connectivity index (χ1v) is 7.53. The normalized spacial score (nSPS) is 10.6. The van der Waals surface area contributed by atoms with E-state index < -0.39 is 17.4 Å². The Morgan fingerprint density at radius 1 is 1.19 bits per heavy atom. The van der Waals surface area contributed by atoms with E-state index in [1.165, 1.54) is 30.5 Å². The molecular formula is C15H10F3KN2O4S. The fourth-order valence-corrected chi connectivity index (χ4v) is 2.45. The van der Waals surface area contributed by atoms with Crippen molar-refractivity contribution in [1.29, 1.82) is 0 Å². The standard InChI is InChI=1S/C15H11F3N2O4S.K/c16-15(17,18)24-10-5-3-9(4-6-10)20-8-12(21)25-13-11(14(22)23)2-1-7-19-13;/h1-7,20H,8H2,(H,22,23);/q;+1/p-1. The number of carboxylic acid groups (broad SMARTS) is 1. The number of halogens is 3. The van der Waals surface area contributed by atoms with E-state index in [0.29, 0.717) is 17.4 Å². The number of anilines is 1. The summed E-state index contributed by atoms with van der Waals surface area (Å²) in [6, 6.07) is 7.49. The van der Waals surface area contributed by atoms with Crippen LogP contribution in [0.5, 0.6) is 5.75 Å². The third-order valence-corrected chi connectivity index (χ3v) is 3.62. The molecule has 0 amide bonds. The number of rotatable bonds is 6. The molecule has 0 radical (unpaired) electrons. The van der Waals surface area contributed by atoms with E-state index >= 15 is 0 Å². The average molecular weight is 410 g/mol. The zero-order chi connectivity index (χ0) is 18.4. The zero-order valence-electron chi connectivity index (χ0n) is 13.4. The molecule has 2 rings (SSSR count). The van der Waals surface area contributed by atoms with E-state index in [1.54, 1.807) is 0 Å². The minimum Gasteiger partial charge on any atom is -0.545 e. The van der Waals surface area contributed by atoms with Crippen LogP contribution in [0.25, 0.3) is 0 Å². The van der Waals surface area contributed by atoms with Crippen LogP contribution in [0, 0.1) is 0 Å². The van der Waals surface area contributed by atoms with Crippen molar-refractivity contribution in [2.75, 3.05) is 11.9 Å². The second-order valence-electron chi connectivity index (χ2n) is 4.54. The third-order valence-electron chi connectivity index (χ3n) is 2.73. The monoisotopic (exact) mass is 410 g/mol. The van der Waals surface area contributed by atoms with E-state index in [9.17, 15) is 27.9 Å². The first kappa shape index (κ1) is 22.9. The number of pyridine rings is 1. The van der Waals surface area contributed by atoms with Crippen molar-refractivity contribution >= 4 is 28.5 Å². The van der Waals surface area contributed by atoms with Gasteiger partial charge >= 0.3 is 57.7 Å². The van der Waals surface area contributed by atoms with Gasteiger partial charge in [-0.3, -0.25) is 4.79 Å². The molecule has 0 aliphatic heterocycles. The number of hydrogen-bond acceptors (Lipinski definition) is 7. The number of carboxylic acids is 1. The molecule has 1 aromatic heterocycles. The maximum absolute atomic E-state index is 12.1. The molecule has 11 heteroatoms. The first-order chi connectivity index (χ1) is 11.7. The number of thioether (sulfide) groups is 1. The van der Waals surface area contributed by atoms with Gasteiger partial charge in [0.2, 0.25) is 5.12 Å². The molecule has 1 N–H and O–H groups in total. The predicted molar refractivity (Wildman–Crippen MR) is 81.0 cm³/mol. The quantitative estimate of drug-likeness (QED) is 0.487. The molecule has 1 aromatic carbocycles.